The first-order chi connectivity index (χ1) is 16.5. The maximum atomic E-state index is 13.5. The minimum atomic E-state index is -0.217. The van der Waals surface area contributed by atoms with E-state index in [1.54, 1.807) is 22.0 Å². The van der Waals surface area contributed by atoms with Crippen LogP contribution in [-0.2, 0) is 24.3 Å². The number of hydrogen-bond donors (Lipinski definition) is 0. The van der Waals surface area contributed by atoms with Crippen LogP contribution in [0.4, 0.5) is 0 Å². The Kier molecular flexibility index (Phi) is 8.03. The van der Waals surface area contributed by atoms with Gasteiger partial charge < -0.3 is 19.1 Å². The molecule has 2 aromatic rings. The second-order valence-corrected chi connectivity index (χ2v) is 10.1. The van der Waals surface area contributed by atoms with E-state index < -0.39 is 0 Å². The zero-order valence-corrected chi connectivity index (χ0v) is 20.9. The molecule has 1 aliphatic heterocycles. The van der Waals surface area contributed by atoms with Crippen LogP contribution in [0.15, 0.2) is 21.8 Å². The fraction of sp³-hybridized carbons (Fsp3) is 0.600. The minimum absolute atomic E-state index is 0.145. The zero-order valence-electron chi connectivity index (χ0n) is 20.1. The molecule has 0 bridgehead atoms. The SMILES string of the molecule is COc1cc(=O)n2c(c1C(=O)N(C)Cc1cscn1)CCN(C(=O)CCC1CCCCC1)CC2. The van der Waals surface area contributed by atoms with Crippen molar-refractivity contribution in [2.45, 2.75) is 64.5 Å². The van der Waals surface area contributed by atoms with Crippen LogP contribution < -0.4 is 10.3 Å². The Balaban J connectivity index is 1.51. The van der Waals surface area contributed by atoms with Gasteiger partial charge in [-0.25, -0.2) is 4.98 Å². The van der Waals surface area contributed by atoms with Gasteiger partial charge in [-0.1, -0.05) is 32.1 Å². The molecule has 9 heteroatoms. The number of nitrogens with zero attached hydrogens (tertiary/aromatic N) is 4. The van der Waals surface area contributed by atoms with Crippen LogP contribution in [0.1, 0.15) is 66.7 Å². The van der Waals surface area contributed by atoms with E-state index in [9.17, 15) is 14.4 Å². The fourth-order valence-corrected chi connectivity index (χ4v) is 5.72. The van der Waals surface area contributed by atoms with Gasteiger partial charge >= 0.3 is 0 Å². The Morgan fingerprint density at radius 1 is 1.21 bits per heavy atom. The van der Waals surface area contributed by atoms with Gasteiger partial charge in [0.2, 0.25) is 5.91 Å². The normalized spacial score (nSPS) is 16.6. The first-order valence-electron chi connectivity index (χ1n) is 12.2. The molecule has 2 aromatic heterocycles. The molecule has 3 heterocycles. The highest BCUT2D eigenvalue weighted by Gasteiger charge is 2.28. The van der Waals surface area contributed by atoms with Gasteiger partial charge in [0.15, 0.2) is 0 Å². The van der Waals surface area contributed by atoms with E-state index in [1.807, 2.05) is 10.3 Å². The van der Waals surface area contributed by atoms with Gasteiger partial charge in [0, 0.05) is 56.7 Å². The monoisotopic (exact) mass is 486 g/mol. The van der Waals surface area contributed by atoms with Crippen molar-refractivity contribution in [3.8, 4) is 5.75 Å². The van der Waals surface area contributed by atoms with Crippen molar-refractivity contribution in [1.82, 2.24) is 19.4 Å². The molecule has 8 nitrogen and oxygen atoms in total. The Morgan fingerprint density at radius 3 is 2.71 bits per heavy atom. The van der Waals surface area contributed by atoms with Gasteiger partial charge in [-0.05, 0) is 12.3 Å². The largest absolute Gasteiger partial charge is 0.496 e. The maximum absolute atomic E-state index is 13.5. The van der Waals surface area contributed by atoms with E-state index in [0.29, 0.717) is 56.2 Å². The summed E-state index contributed by atoms with van der Waals surface area (Å²) in [6.45, 7) is 1.72. The summed E-state index contributed by atoms with van der Waals surface area (Å²) in [6.07, 6.45) is 8.26. The van der Waals surface area contributed by atoms with E-state index in [4.69, 9.17) is 4.74 Å². The molecule has 1 fully saturated rings. The fourth-order valence-electron chi connectivity index (χ4n) is 5.17. The summed E-state index contributed by atoms with van der Waals surface area (Å²) in [6, 6.07) is 1.38. The van der Waals surface area contributed by atoms with E-state index >= 15 is 0 Å². The van der Waals surface area contributed by atoms with Gasteiger partial charge in [-0.15, -0.1) is 11.3 Å². The van der Waals surface area contributed by atoms with Crippen LogP contribution in [-0.4, -0.2) is 58.4 Å². The number of carbonyl (C=O) groups excluding carboxylic acids is 2. The summed E-state index contributed by atoms with van der Waals surface area (Å²) in [7, 11) is 3.20. The van der Waals surface area contributed by atoms with Crippen LogP contribution in [0.25, 0.3) is 0 Å². The molecule has 184 valence electrons. The number of fused-ring (bicyclic) bond motifs is 1. The van der Waals surface area contributed by atoms with Gasteiger partial charge in [-0.3, -0.25) is 14.4 Å². The molecule has 4 rings (SSSR count). The van der Waals surface area contributed by atoms with Crippen molar-refractivity contribution in [3.05, 3.63) is 44.3 Å². The van der Waals surface area contributed by atoms with Crippen LogP contribution >= 0.6 is 11.3 Å². The van der Waals surface area contributed by atoms with E-state index in [-0.39, 0.29) is 23.1 Å². The topological polar surface area (TPSA) is 84.7 Å². The Bertz CT molecular complexity index is 1060. The predicted octanol–water partition coefficient (Wildman–Crippen LogP) is 3.33. The molecule has 0 radical (unpaired) electrons. The van der Waals surface area contributed by atoms with Crippen molar-refractivity contribution in [2.75, 3.05) is 27.2 Å². The van der Waals surface area contributed by atoms with Crippen molar-refractivity contribution in [3.63, 3.8) is 0 Å². The number of aromatic nitrogens is 2. The second kappa shape index (κ2) is 11.2. The molecule has 34 heavy (non-hydrogen) atoms. The van der Waals surface area contributed by atoms with Gasteiger partial charge in [0.1, 0.15) is 11.3 Å². The quantitative estimate of drug-likeness (QED) is 0.599. The third-order valence-corrected chi connectivity index (χ3v) is 7.74. The van der Waals surface area contributed by atoms with Gasteiger partial charge in [0.25, 0.3) is 11.5 Å². The standard InChI is InChI=1S/C25H34N4O4S/c1-27(15-19-16-34-17-26-19)25(32)24-20-10-11-28(12-13-29(20)23(31)14-21(24)33-2)22(30)9-8-18-6-4-3-5-7-18/h14,16-18H,3-13,15H2,1-2H3. The molecule has 1 saturated carbocycles. The number of pyridine rings is 1. The summed E-state index contributed by atoms with van der Waals surface area (Å²) < 4.78 is 7.10. The first kappa shape index (κ1) is 24.4. The lowest BCUT2D eigenvalue weighted by Crippen LogP contribution is -2.34. The highest BCUT2D eigenvalue weighted by atomic mass is 32.1. The molecular formula is C25H34N4O4S. The molecule has 0 spiro atoms. The van der Waals surface area contributed by atoms with Crippen molar-refractivity contribution in [2.24, 2.45) is 5.92 Å². The molecular weight excluding hydrogens is 452 g/mol. The summed E-state index contributed by atoms with van der Waals surface area (Å²) >= 11 is 1.48. The number of methoxy groups -OCH3 is 1. The van der Waals surface area contributed by atoms with E-state index in [2.05, 4.69) is 4.98 Å². The molecule has 0 unspecified atom stereocenters. The molecule has 0 aromatic carbocycles. The summed E-state index contributed by atoms with van der Waals surface area (Å²) in [5.41, 5.74) is 3.39. The lowest BCUT2D eigenvalue weighted by Gasteiger charge is -2.24. The lowest BCUT2D eigenvalue weighted by molar-refractivity contribution is -0.131. The summed E-state index contributed by atoms with van der Waals surface area (Å²) in [5, 5.41) is 1.91. The Labute approximate surface area is 204 Å². The Hall–Kier alpha value is -2.68. The summed E-state index contributed by atoms with van der Waals surface area (Å²) in [5.74, 6) is 0.868. The highest BCUT2D eigenvalue weighted by molar-refractivity contribution is 7.07. The van der Waals surface area contributed by atoms with Crippen LogP contribution in [0.2, 0.25) is 0 Å². The highest BCUT2D eigenvalue weighted by Crippen LogP contribution is 2.28. The number of carbonyl (C=O) groups is 2. The van der Waals surface area contributed by atoms with Crippen LogP contribution in [0.5, 0.6) is 5.75 Å². The molecule has 2 amide bonds. The average Bonchev–Trinajstić information content (AvgIpc) is 3.26. The molecule has 0 atom stereocenters. The molecule has 0 saturated heterocycles. The van der Waals surface area contributed by atoms with Crippen LogP contribution in [0, 0.1) is 5.92 Å². The number of amides is 2. The molecule has 1 aliphatic carbocycles. The molecule has 0 N–H and O–H groups in total. The zero-order chi connectivity index (χ0) is 24.1. The van der Waals surface area contributed by atoms with Crippen LogP contribution in [0.3, 0.4) is 0 Å². The van der Waals surface area contributed by atoms with Crippen molar-refractivity contribution in [1.29, 1.82) is 0 Å². The smallest absolute Gasteiger partial charge is 0.259 e. The third kappa shape index (κ3) is 5.51. The van der Waals surface area contributed by atoms with E-state index in [0.717, 1.165) is 12.1 Å². The first-order valence-corrected chi connectivity index (χ1v) is 13.1. The minimum Gasteiger partial charge on any atom is -0.496 e. The lowest BCUT2D eigenvalue weighted by atomic mass is 9.86. The Morgan fingerprint density at radius 2 is 2.00 bits per heavy atom. The number of rotatable bonds is 7. The third-order valence-electron chi connectivity index (χ3n) is 7.10. The summed E-state index contributed by atoms with van der Waals surface area (Å²) in [4.78, 5) is 47.0. The second-order valence-electron chi connectivity index (χ2n) is 9.34. The number of thiazole rings is 1. The number of hydrogen-bond acceptors (Lipinski definition) is 6. The molecule has 2 aliphatic rings. The van der Waals surface area contributed by atoms with Crippen molar-refractivity contribution >= 4 is 23.2 Å². The number of ether oxygens (including phenoxy) is 1. The average molecular weight is 487 g/mol. The van der Waals surface area contributed by atoms with Gasteiger partial charge in [0.05, 0.1) is 24.9 Å². The van der Waals surface area contributed by atoms with Crippen molar-refractivity contribution < 1.29 is 14.3 Å². The van der Waals surface area contributed by atoms with E-state index in [1.165, 1.54) is 56.6 Å². The predicted molar refractivity (Wildman–Crippen MR) is 131 cm³/mol. The van der Waals surface area contributed by atoms with Gasteiger partial charge in [-0.2, -0.15) is 0 Å². The maximum Gasteiger partial charge on any atom is 0.259 e.